The van der Waals surface area contributed by atoms with Crippen LogP contribution in [0.4, 0.5) is 13.2 Å². The number of rotatable bonds is 4. The topological polar surface area (TPSA) is 35.0 Å². The molecule has 4 rings (SSSR count). The highest BCUT2D eigenvalue weighted by Gasteiger charge is 2.36. The molecule has 2 unspecified atom stereocenters. The lowest BCUT2D eigenvalue weighted by molar-refractivity contribution is -0.137. The highest BCUT2D eigenvalue weighted by atomic mass is 32.2. The molecule has 0 amide bonds. The molecule has 2 aliphatic rings. The Balaban J connectivity index is 0.00000117. The van der Waals surface area contributed by atoms with Gasteiger partial charge in [0, 0.05) is 40.1 Å². The first-order valence-electron chi connectivity index (χ1n) is 10.1. The van der Waals surface area contributed by atoms with Gasteiger partial charge in [0.1, 0.15) is 5.82 Å². The van der Waals surface area contributed by atoms with Crippen molar-refractivity contribution in [1.82, 2.24) is 9.97 Å². The summed E-state index contributed by atoms with van der Waals surface area (Å²) in [5.74, 6) is 1.41. The maximum absolute atomic E-state index is 13.0. The van der Waals surface area contributed by atoms with Crippen LogP contribution >= 0.6 is 11.8 Å². The highest BCUT2D eigenvalue weighted by molar-refractivity contribution is 8.00. The van der Waals surface area contributed by atoms with Crippen molar-refractivity contribution in [3.05, 3.63) is 53.6 Å². The van der Waals surface area contributed by atoms with Crippen LogP contribution in [0.5, 0.6) is 0 Å². The number of aromatic nitrogens is 2. The molecule has 2 atom stereocenters. The molecule has 1 aliphatic heterocycles. The summed E-state index contributed by atoms with van der Waals surface area (Å²) >= 11 is 1.49. The second-order valence-corrected chi connectivity index (χ2v) is 9.20. The van der Waals surface area contributed by atoms with Crippen LogP contribution in [0, 0.1) is 0 Å². The third-order valence-electron chi connectivity index (χ3n) is 5.10. The maximum Gasteiger partial charge on any atom is 0.416 e. The van der Waals surface area contributed by atoms with E-state index in [4.69, 9.17) is 4.74 Å². The van der Waals surface area contributed by atoms with Gasteiger partial charge in [0.05, 0.1) is 11.7 Å². The number of alkyl halides is 3. The Morgan fingerprint density at radius 2 is 1.83 bits per heavy atom. The molecule has 0 N–H and O–H groups in total. The van der Waals surface area contributed by atoms with E-state index in [0.29, 0.717) is 23.8 Å². The van der Waals surface area contributed by atoms with Gasteiger partial charge in [-0.3, -0.25) is 0 Å². The largest absolute Gasteiger partial charge is 0.416 e. The summed E-state index contributed by atoms with van der Waals surface area (Å²) in [4.78, 5) is 9.56. The second-order valence-electron chi connectivity index (χ2n) is 7.54. The van der Waals surface area contributed by atoms with Crippen molar-refractivity contribution in [3.63, 3.8) is 0 Å². The molecule has 1 saturated heterocycles. The van der Waals surface area contributed by atoms with Crippen molar-refractivity contribution in [3.8, 4) is 0 Å². The van der Waals surface area contributed by atoms with Gasteiger partial charge < -0.3 is 4.74 Å². The lowest BCUT2D eigenvalue weighted by Gasteiger charge is -2.37. The van der Waals surface area contributed by atoms with Gasteiger partial charge in [0.25, 0.3) is 0 Å². The van der Waals surface area contributed by atoms with Gasteiger partial charge >= 0.3 is 6.18 Å². The molecular formula is C22H27F3N2OS. The Morgan fingerprint density at radius 3 is 2.45 bits per heavy atom. The van der Waals surface area contributed by atoms with E-state index < -0.39 is 11.7 Å². The van der Waals surface area contributed by atoms with Crippen LogP contribution in [0.15, 0.2) is 41.6 Å². The van der Waals surface area contributed by atoms with E-state index in [1.54, 1.807) is 6.07 Å². The van der Waals surface area contributed by atoms with Gasteiger partial charge in [-0.15, -0.1) is 11.8 Å². The second kappa shape index (κ2) is 9.04. The molecule has 0 bridgehead atoms. The molecule has 3 nitrogen and oxygen atoms in total. The third-order valence-corrected chi connectivity index (χ3v) is 6.45. The number of hydrogen-bond acceptors (Lipinski definition) is 4. The fraction of sp³-hybridized carbons (Fsp3) is 0.545. The van der Waals surface area contributed by atoms with Crippen LogP contribution in [-0.4, -0.2) is 21.3 Å². The predicted molar refractivity (Wildman–Crippen MR) is 109 cm³/mol. The summed E-state index contributed by atoms with van der Waals surface area (Å²) in [6, 6.07) is 5.55. The van der Waals surface area contributed by atoms with Gasteiger partial charge in [-0.25, -0.2) is 9.97 Å². The van der Waals surface area contributed by atoms with Crippen molar-refractivity contribution >= 4 is 11.8 Å². The molecule has 29 heavy (non-hydrogen) atoms. The van der Waals surface area contributed by atoms with E-state index in [0.717, 1.165) is 36.7 Å². The molecule has 7 heteroatoms. The zero-order valence-electron chi connectivity index (χ0n) is 17.0. The number of thioether (sulfide) groups is 1. The van der Waals surface area contributed by atoms with E-state index in [9.17, 15) is 13.2 Å². The standard InChI is InChI=1S/C20H21F3N2OS.C2H6/c1-19(27-16-4-2-3-15(9-16)20(21,22)23)7-8-26-17(10-19)14-11-24-18(25-12-14)13-5-6-13;1-2/h2-4,9,11-13,17H,5-8,10H2,1H3;1-2H3. The van der Waals surface area contributed by atoms with Gasteiger partial charge in [-0.2, -0.15) is 13.2 Å². The quantitative estimate of drug-likeness (QED) is 0.540. The molecule has 1 aromatic carbocycles. The number of nitrogens with zero attached hydrogens (tertiary/aromatic N) is 2. The summed E-state index contributed by atoms with van der Waals surface area (Å²) in [5, 5.41) is 0. The van der Waals surface area contributed by atoms with Gasteiger partial charge in [-0.05, 0) is 50.8 Å². The molecule has 158 valence electrons. The summed E-state index contributed by atoms with van der Waals surface area (Å²) in [7, 11) is 0. The molecule has 1 aromatic heterocycles. The first-order chi connectivity index (χ1) is 13.8. The molecule has 1 saturated carbocycles. The van der Waals surface area contributed by atoms with E-state index in [-0.39, 0.29) is 10.9 Å². The summed E-state index contributed by atoms with van der Waals surface area (Å²) in [6.45, 7) is 6.66. The van der Waals surface area contributed by atoms with Gasteiger partial charge in [0.2, 0.25) is 0 Å². The van der Waals surface area contributed by atoms with Crippen LogP contribution < -0.4 is 0 Å². The summed E-state index contributed by atoms with van der Waals surface area (Å²) < 4.78 is 44.6. The summed E-state index contributed by atoms with van der Waals surface area (Å²) in [5.41, 5.74) is 0.332. The van der Waals surface area contributed by atoms with Crippen LogP contribution in [0.25, 0.3) is 0 Å². The first-order valence-corrected chi connectivity index (χ1v) is 10.9. The minimum atomic E-state index is -4.32. The van der Waals surface area contributed by atoms with Crippen LogP contribution in [0.1, 0.15) is 75.4 Å². The van der Waals surface area contributed by atoms with E-state index >= 15 is 0 Å². The van der Waals surface area contributed by atoms with Crippen molar-refractivity contribution in [2.45, 2.75) is 74.3 Å². The Morgan fingerprint density at radius 1 is 1.14 bits per heavy atom. The van der Waals surface area contributed by atoms with E-state index in [1.807, 2.05) is 26.2 Å². The van der Waals surface area contributed by atoms with Gasteiger partial charge in [-0.1, -0.05) is 19.9 Å². The predicted octanol–water partition coefficient (Wildman–Crippen LogP) is 6.80. The molecule has 2 fully saturated rings. The fourth-order valence-electron chi connectivity index (χ4n) is 3.36. The van der Waals surface area contributed by atoms with E-state index in [2.05, 4.69) is 16.9 Å². The number of ether oxygens (including phenoxy) is 1. The first kappa shape index (κ1) is 22.1. The molecule has 0 radical (unpaired) electrons. The number of benzene rings is 1. The number of hydrogen-bond donors (Lipinski definition) is 0. The Hall–Kier alpha value is -1.60. The molecule has 2 aromatic rings. The van der Waals surface area contributed by atoms with Crippen LogP contribution in [-0.2, 0) is 10.9 Å². The third kappa shape index (κ3) is 5.72. The summed E-state index contributed by atoms with van der Waals surface area (Å²) in [6.07, 6.45) is 3.03. The minimum Gasteiger partial charge on any atom is -0.373 e. The molecule has 0 spiro atoms. The van der Waals surface area contributed by atoms with Crippen molar-refractivity contribution < 1.29 is 17.9 Å². The monoisotopic (exact) mass is 424 g/mol. The van der Waals surface area contributed by atoms with Crippen molar-refractivity contribution in [2.24, 2.45) is 0 Å². The highest BCUT2D eigenvalue weighted by Crippen LogP contribution is 2.46. The Bertz CT molecular complexity index is 808. The molecule has 1 aliphatic carbocycles. The average Bonchev–Trinajstić information content (AvgIpc) is 3.54. The van der Waals surface area contributed by atoms with Gasteiger partial charge in [0.15, 0.2) is 0 Å². The molecule has 2 heterocycles. The normalized spacial score (nSPS) is 24.6. The zero-order valence-corrected chi connectivity index (χ0v) is 17.8. The van der Waals surface area contributed by atoms with Crippen molar-refractivity contribution in [1.29, 1.82) is 0 Å². The van der Waals surface area contributed by atoms with Crippen LogP contribution in [0.3, 0.4) is 0 Å². The zero-order chi connectivity index (χ0) is 21.1. The minimum absolute atomic E-state index is 0.129. The SMILES string of the molecule is CC.CC1(Sc2cccc(C(F)(F)F)c2)CCOC(c2cnc(C3CC3)nc2)C1. The lowest BCUT2D eigenvalue weighted by atomic mass is 9.93. The average molecular weight is 425 g/mol. The smallest absolute Gasteiger partial charge is 0.373 e. The van der Waals surface area contributed by atoms with Crippen molar-refractivity contribution in [2.75, 3.05) is 6.61 Å². The fourth-order valence-corrected chi connectivity index (χ4v) is 4.69. The number of halogens is 3. The molecular weight excluding hydrogens is 397 g/mol. The lowest BCUT2D eigenvalue weighted by Crippen LogP contribution is -2.32. The van der Waals surface area contributed by atoms with E-state index in [1.165, 1.54) is 23.9 Å². The van der Waals surface area contributed by atoms with Crippen LogP contribution in [0.2, 0.25) is 0 Å². The maximum atomic E-state index is 13.0. The Kier molecular flexibility index (Phi) is 6.89. The Labute approximate surface area is 174 Å².